The molecule has 2 aromatic carbocycles. The van der Waals surface area contributed by atoms with E-state index < -0.39 is 83.8 Å². The molecule has 20 nitrogen and oxygen atoms in total. The number of amides is 6. The first-order valence-electron chi connectivity index (χ1n) is 22.3. The van der Waals surface area contributed by atoms with Crippen molar-refractivity contribution in [2.24, 2.45) is 16.5 Å². The Morgan fingerprint density at radius 3 is 2.17 bits per heavy atom. The van der Waals surface area contributed by atoms with Gasteiger partial charge in [0.05, 0.1) is 7.11 Å². The van der Waals surface area contributed by atoms with Gasteiger partial charge < -0.3 is 57.5 Å². The predicted molar refractivity (Wildman–Crippen MR) is 241 cm³/mol. The van der Waals surface area contributed by atoms with Gasteiger partial charge in [0, 0.05) is 25.9 Å². The molecule has 0 radical (unpaired) electrons. The van der Waals surface area contributed by atoms with E-state index in [1.807, 2.05) is 48.5 Å². The van der Waals surface area contributed by atoms with Crippen LogP contribution >= 0.6 is 0 Å². The average Bonchev–Trinajstić information content (AvgIpc) is 3.91. The topological polar surface area (TPSA) is 303 Å². The van der Waals surface area contributed by atoms with Crippen LogP contribution in [0.1, 0.15) is 94.6 Å². The molecule has 2 fully saturated rings. The summed E-state index contributed by atoms with van der Waals surface area (Å²) in [6.07, 6.45) is 4.22. The Morgan fingerprint density at radius 2 is 1.52 bits per heavy atom. The Labute approximate surface area is 383 Å². The van der Waals surface area contributed by atoms with Crippen molar-refractivity contribution < 1.29 is 52.9 Å². The molecular weight excluding hydrogens is 855 g/mol. The number of ether oxygens (including phenoxy) is 2. The zero-order valence-corrected chi connectivity index (χ0v) is 37.3. The van der Waals surface area contributed by atoms with E-state index in [0.29, 0.717) is 25.7 Å². The number of alkyl carbamates (subject to hydrolysis) is 1. The van der Waals surface area contributed by atoms with Gasteiger partial charge in [0.2, 0.25) is 29.5 Å². The largest absolute Gasteiger partial charge is 0.480 e. The van der Waals surface area contributed by atoms with Gasteiger partial charge in [0.25, 0.3) is 0 Å². The Bertz CT molecular complexity index is 2110. The highest BCUT2D eigenvalue weighted by Gasteiger charge is 2.40. The molecule has 2 aromatic rings. The van der Waals surface area contributed by atoms with Gasteiger partial charge in [0.15, 0.2) is 5.96 Å². The van der Waals surface area contributed by atoms with E-state index in [1.54, 1.807) is 0 Å². The lowest BCUT2D eigenvalue weighted by molar-refractivity contribution is -0.144. The van der Waals surface area contributed by atoms with Crippen LogP contribution in [-0.2, 0) is 43.0 Å². The van der Waals surface area contributed by atoms with Gasteiger partial charge in [-0.1, -0.05) is 79.9 Å². The number of hydrogen-bond acceptors (Lipinski definition) is 11. The zero-order chi connectivity index (χ0) is 47.8. The van der Waals surface area contributed by atoms with Crippen molar-refractivity contribution in [3.63, 3.8) is 0 Å². The number of carbonyl (C=O) groups is 8. The van der Waals surface area contributed by atoms with Crippen molar-refractivity contribution in [1.29, 1.82) is 0 Å². The molecule has 20 heteroatoms. The second kappa shape index (κ2) is 24.3. The second-order valence-electron chi connectivity index (χ2n) is 16.5. The number of benzene rings is 2. The number of carbonyl (C=O) groups excluding carboxylic acids is 7. The van der Waals surface area contributed by atoms with Gasteiger partial charge in [0.1, 0.15) is 42.9 Å². The number of fused-ring (bicyclic) bond motifs is 4. The lowest BCUT2D eigenvalue weighted by Gasteiger charge is -2.30. The number of nitrogens with zero attached hydrogens (tertiary/aromatic N) is 2. The van der Waals surface area contributed by atoms with Crippen LogP contribution in [0.3, 0.4) is 0 Å². The molecule has 0 saturated carbocycles. The summed E-state index contributed by atoms with van der Waals surface area (Å²) in [6.45, 7) is 1.53. The number of methoxy groups -OCH3 is 1. The van der Waals surface area contributed by atoms with Gasteiger partial charge in [-0.05, 0) is 73.6 Å². The lowest BCUT2D eigenvalue weighted by Crippen LogP contribution is -2.58. The smallest absolute Gasteiger partial charge is 0.407 e. The van der Waals surface area contributed by atoms with Crippen LogP contribution in [0.4, 0.5) is 4.79 Å². The number of nitrogens with two attached hydrogens (primary N) is 2. The minimum atomic E-state index is -1.35. The summed E-state index contributed by atoms with van der Waals surface area (Å²) in [4.78, 5) is 112. The van der Waals surface area contributed by atoms with Crippen LogP contribution in [0.25, 0.3) is 11.1 Å². The Kier molecular flexibility index (Phi) is 18.4. The van der Waals surface area contributed by atoms with Crippen molar-refractivity contribution in [2.45, 2.75) is 120 Å². The number of carboxylic acid groups (broad SMARTS) is 1. The Balaban J connectivity index is 1.38. The molecule has 0 aromatic heterocycles. The van der Waals surface area contributed by atoms with Crippen molar-refractivity contribution >= 4 is 53.5 Å². The van der Waals surface area contributed by atoms with Gasteiger partial charge >= 0.3 is 18.0 Å². The molecule has 0 bridgehead atoms. The van der Waals surface area contributed by atoms with Gasteiger partial charge in [-0.3, -0.25) is 29.0 Å². The van der Waals surface area contributed by atoms with E-state index in [9.17, 15) is 43.5 Å². The molecule has 6 atom stereocenters. The molecule has 5 rings (SSSR count). The maximum atomic E-state index is 14.4. The first-order valence-corrected chi connectivity index (χ1v) is 22.3. The highest BCUT2D eigenvalue weighted by Crippen LogP contribution is 2.44. The van der Waals surface area contributed by atoms with Crippen LogP contribution in [0.5, 0.6) is 0 Å². The number of esters is 1. The van der Waals surface area contributed by atoms with E-state index in [4.69, 9.17) is 20.9 Å². The average molecular weight is 916 g/mol. The molecule has 2 saturated heterocycles. The Morgan fingerprint density at radius 1 is 0.864 bits per heavy atom. The third kappa shape index (κ3) is 13.8. The summed E-state index contributed by atoms with van der Waals surface area (Å²) < 4.78 is 10.6. The second-order valence-corrected chi connectivity index (χ2v) is 16.5. The van der Waals surface area contributed by atoms with Crippen molar-refractivity contribution in [1.82, 2.24) is 31.5 Å². The third-order valence-electron chi connectivity index (χ3n) is 11.9. The predicted octanol–water partition coefficient (Wildman–Crippen LogP) is 1.46. The molecule has 6 amide bonds. The molecule has 3 aliphatic rings. The SMILES string of the molecule is COC(=O)[C@H](CC=CC[C@@H]1NC(=O)C2CCCN2C(=O)[C@@H](NC(=O)OCC2c3ccccc3-c3ccccc32)CCCCC[C@@H](C(=O)O)NC(=O)[C@H](CCCN=C(N)N)NC1=O)NC(C)=O. The van der Waals surface area contributed by atoms with Crippen molar-refractivity contribution in [3.05, 3.63) is 71.8 Å². The number of hydrogen-bond donors (Lipinski definition) is 8. The first kappa shape index (κ1) is 50.0. The fraction of sp³-hybridized carbons (Fsp3) is 0.500. The number of aliphatic imine (C=N–C) groups is 1. The number of guanidine groups is 1. The normalized spacial score (nSPS) is 22.2. The van der Waals surface area contributed by atoms with Crippen molar-refractivity contribution in [3.8, 4) is 11.1 Å². The molecule has 2 aliphatic heterocycles. The maximum absolute atomic E-state index is 14.4. The molecule has 2 heterocycles. The number of carboxylic acids is 1. The lowest BCUT2D eigenvalue weighted by atomic mass is 9.98. The third-order valence-corrected chi connectivity index (χ3v) is 11.9. The number of nitrogens with one attached hydrogen (secondary N) is 5. The molecule has 1 unspecified atom stereocenters. The highest BCUT2D eigenvalue weighted by atomic mass is 16.5. The summed E-state index contributed by atoms with van der Waals surface area (Å²) in [5, 5.41) is 23.2. The quantitative estimate of drug-likeness (QED) is 0.0438. The minimum absolute atomic E-state index is 0.00229. The molecule has 356 valence electrons. The van der Waals surface area contributed by atoms with Crippen LogP contribution in [-0.4, -0.2) is 127 Å². The standard InChI is InChI=1S/C46H61N9O11/c1-27(56)50-37(44(63)65-2)21-11-10-18-33-39(57)51-34(22-12-24-49-45(47)48)40(58)53-36(43(61)62)20-5-3-4-19-35(42(60)55-25-13-23-38(55)41(59)52-33)54-46(64)66-26-32-30-16-8-6-14-28(30)29-15-7-9-17-31(29)32/h6-11,14-17,32-38H,3-5,12-13,18-26H2,1-2H3,(H,50,56)(H,51,57)(H,52,59)(H,53,58)(H,54,64)(H,61,62)(H4,47,48,49)/t33-,34-,35-,36-,37-,38?/m0/s1. The fourth-order valence-electron chi connectivity index (χ4n) is 8.56. The molecular formula is C46H61N9O11. The summed E-state index contributed by atoms with van der Waals surface area (Å²) in [5.41, 5.74) is 15.0. The van der Waals surface area contributed by atoms with Gasteiger partial charge in [-0.2, -0.15) is 0 Å². The van der Waals surface area contributed by atoms with E-state index in [-0.39, 0.29) is 76.5 Å². The molecule has 66 heavy (non-hydrogen) atoms. The highest BCUT2D eigenvalue weighted by molar-refractivity contribution is 5.96. The van der Waals surface area contributed by atoms with Crippen LogP contribution < -0.4 is 38.1 Å². The van der Waals surface area contributed by atoms with E-state index in [2.05, 4.69) is 31.6 Å². The van der Waals surface area contributed by atoms with Crippen LogP contribution in [0.15, 0.2) is 65.7 Å². The molecule has 1 aliphatic carbocycles. The van der Waals surface area contributed by atoms with E-state index >= 15 is 0 Å². The van der Waals surface area contributed by atoms with E-state index in [1.165, 1.54) is 31.1 Å². The summed E-state index contributed by atoms with van der Waals surface area (Å²) in [7, 11) is 1.17. The maximum Gasteiger partial charge on any atom is 0.407 e. The number of rotatable bonds is 14. The molecule has 0 spiro atoms. The monoisotopic (exact) mass is 915 g/mol. The van der Waals surface area contributed by atoms with Crippen molar-refractivity contribution in [2.75, 3.05) is 26.8 Å². The van der Waals surface area contributed by atoms with Gasteiger partial charge in [-0.15, -0.1) is 0 Å². The number of aliphatic carboxylic acids is 1. The molecule has 10 N–H and O–H groups in total. The fourth-order valence-corrected chi connectivity index (χ4v) is 8.56. The summed E-state index contributed by atoms with van der Waals surface area (Å²) >= 11 is 0. The van der Waals surface area contributed by atoms with Crippen LogP contribution in [0, 0.1) is 0 Å². The van der Waals surface area contributed by atoms with E-state index in [0.717, 1.165) is 22.3 Å². The summed E-state index contributed by atoms with van der Waals surface area (Å²) in [5.74, 6) is -5.66. The van der Waals surface area contributed by atoms with Crippen LogP contribution in [0.2, 0.25) is 0 Å². The summed E-state index contributed by atoms with van der Waals surface area (Å²) in [6, 6.07) is 8.63. The van der Waals surface area contributed by atoms with Gasteiger partial charge in [-0.25, -0.2) is 14.4 Å². The Hall–Kier alpha value is -6.99. The minimum Gasteiger partial charge on any atom is -0.480 e. The zero-order valence-electron chi connectivity index (χ0n) is 37.3. The first-order chi connectivity index (χ1) is 31.7.